The summed E-state index contributed by atoms with van der Waals surface area (Å²) in [6, 6.07) is 11.1. The second-order valence-electron chi connectivity index (χ2n) is 10.9. The summed E-state index contributed by atoms with van der Waals surface area (Å²) >= 11 is 0. The van der Waals surface area contributed by atoms with Gasteiger partial charge >= 0.3 is 0 Å². The fourth-order valence-electron chi connectivity index (χ4n) is 5.48. The van der Waals surface area contributed by atoms with Crippen LogP contribution >= 0.6 is 0 Å². The quantitative estimate of drug-likeness (QED) is 0.321. The number of nitrogens with one attached hydrogen (secondary N) is 1. The second-order valence-corrected chi connectivity index (χ2v) is 10.9. The van der Waals surface area contributed by atoms with Crippen molar-refractivity contribution in [2.45, 2.75) is 64.0 Å². The number of carbonyl (C=O) groups excluding carboxylic acids is 1. The summed E-state index contributed by atoms with van der Waals surface area (Å²) in [6.45, 7) is 2.07. The number of ether oxygens (including phenoxy) is 1. The minimum Gasteiger partial charge on any atom is -0.457 e. The van der Waals surface area contributed by atoms with E-state index in [1.807, 2.05) is 42.1 Å². The average molecular weight is 528 g/mol. The van der Waals surface area contributed by atoms with Crippen molar-refractivity contribution in [2.24, 2.45) is 13.0 Å². The van der Waals surface area contributed by atoms with Crippen LogP contribution < -0.4 is 15.6 Å². The van der Waals surface area contributed by atoms with Gasteiger partial charge < -0.3 is 24.3 Å². The first-order valence-electron chi connectivity index (χ1n) is 13.6. The Labute approximate surface area is 226 Å². The van der Waals surface area contributed by atoms with Gasteiger partial charge in [0.2, 0.25) is 5.95 Å². The fraction of sp³-hybridized carbons (Fsp3) is 0.400. The molecule has 3 heterocycles. The molecule has 2 N–H and O–H groups in total. The summed E-state index contributed by atoms with van der Waals surface area (Å²) in [4.78, 5) is 33.9. The molecule has 0 aliphatic heterocycles. The Balaban J connectivity index is 1.27. The molecule has 2 aliphatic rings. The molecule has 9 heteroatoms. The Morgan fingerprint density at radius 1 is 1.13 bits per heavy atom. The molecule has 2 saturated carbocycles. The first-order valence-corrected chi connectivity index (χ1v) is 13.6. The Hall–Kier alpha value is -3.98. The van der Waals surface area contributed by atoms with Gasteiger partial charge in [-0.05, 0) is 68.4 Å². The van der Waals surface area contributed by atoms with Gasteiger partial charge in [-0.25, -0.2) is 4.98 Å². The molecule has 0 bridgehead atoms. The number of benzene rings is 1. The van der Waals surface area contributed by atoms with Gasteiger partial charge in [-0.1, -0.05) is 6.42 Å². The molecule has 3 aromatic heterocycles. The Morgan fingerprint density at radius 3 is 2.69 bits per heavy atom. The number of anilines is 2. The predicted molar refractivity (Wildman–Crippen MR) is 149 cm³/mol. The third kappa shape index (κ3) is 5.45. The molecule has 2 aliphatic carbocycles. The van der Waals surface area contributed by atoms with E-state index < -0.39 is 0 Å². The van der Waals surface area contributed by atoms with Gasteiger partial charge in [0.1, 0.15) is 23.0 Å². The summed E-state index contributed by atoms with van der Waals surface area (Å²) in [5, 5.41) is 13.6. The lowest BCUT2D eigenvalue weighted by Crippen LogP contribution is -2.29. The number of imidazole rings is 1. The minimum atomic E-state index is -0.345. The molecule has 0 saturated heterocycles. The monoisotopic (exact) mass is 527 g/mol. The summed E-state index contributed by atoms with van der Waals surface area (Å²) in [7, 11) is 1.90. The average Bonchev–Trinajstić information content (AvgIpc) is 3.61. The van der Waals surface area contributed by atoms with Crippen molar-refractivity contribution in [1.82, 2.24) is 19.1 Å². The number of fused-ring (bicyclic) bond motifs is 1. The summed E-state index contributed by atoms with van der Waals surface area (Å²) in [5.41, 5.74) is 3.83. The normalized spacial score (nSPS) is 18.9. The number of aromatic nitrogens is 4. The standard InChI is InChI=1S/C30H33N5O4/c1-18(36)12-22-14-24(10-11-31-22)39-23-8-9-25-27(15-23)34(2)30(32-25)33-26-13-21(19-6-7-19)17-35(29(26)38)16-20-4-3-5-28(20)37/h8-11,13-15,17,19-20,28,37H,3-7,12,16H2,1-2H3,(H,32,33). The van der Waals surface area contributed by atoms with Gasteiger partial charge in [0, 0.05) is 50.5 Å². The molecule has 0 spiro atoms. The maximum atomic E-state index is 13.5. The van der Waals surface area contributed by atoms with Crippen LogP contribution in [0.3, 0.4) is 0 Å². The molecular weight excluding hydrogens is 494 g/mol. The van der Waals surface area contributed by atoms with Crippen molar-refractivity contribution < 1.29 is 14.6 Å². The fourth-order valence-corrected chi connectivity index (χ4v) is 5.48. The van der Waals surface area contributed by atoms with E-state index in [0.717, 1.165) is 48.7 Å². The van der Waals surface area contributed by atoms with Gasteiger partial charge in [-0.2, -0.15) is 0 Å². The van der Waals surface area contributed by atoms with Crippen LogP contribution in [0.4, 0.5) is 11.6 Å². The number of aliphatic hydroxyl groups excluding tert-OH is 1. The van der Waals surface area contributed by atoms with E-state index in [1.165, 1.54) is 6.92 Å². The number of ketones is 1. The molecule has 0 radical (unpaired) electrons. The van der Waals surface area contributed by atoms with Gasteiger partial charge in [-0.3, -0.25) is 14.6 Å². The van der Waals surface area contributed by atoms with Crippen LogP contribution in [0.1, 0.15) is 56.2 Å². The number of Topliss-reactive ketones (excluding diaryl/α,β-unsaturated/α-hetero) is 1. The van der Waals surface area contributed by atoms with Crippen molar-refractivity contribution in [3.8, 4) is 11.5 Å². The van der Waals surface area contributed by atoms with Crippen molar-refractivity contribution in [3.63, 3.8) is 0 Å². The van der Waals surface area contributed by atoms with E-state index in [9.17, 15) is 14.7 Å². The highest BCUT2D eigenvalue weighted by molar-refractivity contribution is 5.81. The van der Waals surface area contributed by atoms with Crippen LogP contribution in [0, 0.1) is 5.92 Å². The summed E-state index contributed by atoms with van der Waals surface area (Å²) < 4.78 is 9.74. The molecule has 2 atom stereocenters. The second kappa shape index (κ2) is 10.3. The highest BCUT2D eigenvalue weighted by Crippen LogP contribution is 2.40. The van der Waals surface area contributed by atoms with Crippen molar-refractivity contribution in [1.29, 1.82) is 0 Å². The van der Waals surface area contributed by atoms with Gasteiger partial charge in [-0.15, -0.1) is 0 Å². The van der Waals surface area contributed by atoms with Crippen LogP contribution in [0.2, 0.25) is 0 Å². The third-order valence-corrected chi connectivity index (χ3v) is 7.76. The number of nitrogens with zero attached hydrogens (tertiary/aromatic N) is 4. The summed E-state index contributed by atoms with van der Waals surface area (Å²) in [6.07, 6.45) is 8.54. The van der Waals surface area contributed by atoms with Gasteiger partial charge in [0.25, 0.3) is 5.56 Å². The maximum Gasteiger partial charge on any atom is 0.274 e. The van der Waals surface area contributed by atoms with Crippen LogP contribution in [0.5, 0.6) is 11.5 Å². The Morgan fingerprint density at radius 2 is 1.95 bits per heavy atom. The van der Waals surface area contributed by atoms with E-state index in [-0.39, 0.29) is 29.8 Å². The number of rotatable bonds is 9. The number of pyridine rings is 2. The largest absolute Gasteiger partial charge is 0.457 e. The van der Waals surface area contributed by atoms with E-state index in [2.05, 4.69) is 10.3 Å². The number of aryl methyl sites for hydroxylation is 1. The lowest BCUT2D eigenvalue weighted by Gasteiger charge is -2.18. The maximum absolute atomic E-state index is 13.5. The number of hydrogen-bond acceptors (Lipinski definition) is 7. The zero-order valence-corrected chi connectivity index (χ0v) is 22.3. The number of carbonyl (C=O) groups is 1. The summed E-state index contributed by atoms with van der Waals surface area (Å²) in [5.74, 6) is 2.43. The first kappa shape index (κ1) is 25.3. The minimum absolute atomic E-state index is 0.0431. The molecule has 202 valence electrons. The topological polar surface area (TPSA) is 111 Å². The third-order valence-electron chi connectivity index (χ3n) is 7.76. The van der Waals surface area contributed by atoms with Crippen LogP contribution in [0.15, 0.2) is 53.6 Å². The molecule has 39 heavy (non-hydrogen) atoms. The van der Waals surface area contributed by atoms with Crippen molar-refractivity contribution >= 4 is 28.5 Å². The van der Waals surface area contributed by atoms with Crippen molar-refractivity contribution in [2.75, 3.05) is 5.32 Å². The van der Waals surface area contributed by atoms with Crippen molar-refractivity contribution in [3.05, 3.63) is 70.4 Å². The van der Waals surface area contributed by atoms with Gasteiger partial charge in [0.05, 0.1) is 22.8 Å². The molecule has 0 amide bonds. The number of aliphatic hydroxyl groups is 1. The van der Waals surface area contributed by atoms with Crippen LogP contribution in [-0.4, -0.2) is 36.1 Å². The SMILES string of the molecule is CC(=O)Cc1cc(Oc2ccc3nc(Nc4cc(C5CC5)cn(CC5CCCC5O)c4=O)n(C)c3c2)ccn1. The Bertz CT molecular complexity index is 1600. The molecule has 6 rings (SSSR count). The Kier molecular flexibility index (Phi) is 6.68. The molecular formula is C30H33N5O4. The smallest absolute Gasteiger partial charge is 0.274 e. The predicted octanol–water partition coefficient (Wildman–Crippen LogP) is 4.84. The van der Waals surface area contributed by atoms with Crippen LogP contribution in [0.25, 0.3) is 11.0 Å². The zero-order chi connectivity index (χ0) is 27.1. The number of hydrogen-bond donors (Lipinski definition) is 2. The lowest BCUT2D eigenvalue weighted by molar-refractivity contribution is -0.116. The van der Waals surface area contributed by atoms with Gasteiger partial charge in [0.15, 0.2) is 0 Å². The van der Waals surface area contributed by atoms with E-state index >= 15 is 0 Å². The van der Waals surface area contributed by atoms with E-state index in [4.69, 9.17) is 9.72 Å². The highest BCUT2D eigenvalue weighted by atomic mass is 16.5. The molecule has 2 unspecified atom stereocenters. The van der Waals surface area contributed by atoms with Crippen LogP contribution in [-0.2, 0) is 24.8 Å². The van der Waals surface area contributed by atoms with E-state index in [0.29, 0.717) is 41.3 Å². The zero-order valence-electron chi connectivity index (χ0n) is 22.3. The highest BCUT2D eigenvalue weighted by Gasteiger charge is 2.29. The first-order chi connectivity index (χ1) is 18.8. The molecule has 4 aromatic rings. The van der Waals surface area contributed by atoms with E-state index in [1.54, 1.807) is 22.9 Å². The molecule has 9 nitrogen and oxygen atoms in total. The molecule has 2 fully saturated rings. The lowest BCUT2D eigenvalue weighted by atomic mass is 10.1. The molecule has 1 aromatic carbocycles.